The lowest BCUT2D eigenvalue weighted by Gasteiger charge is -2.23. The molecule has 0 unspecified atom stereocenters. The number of amides is 1. The Hall–Kier alpha value is -2.69. The Kier molecular flexibility index (Phi) is 4.57. The molecule has 0 fully saturated rings. The third-order valence-electron chi connectivity index (χ3n) is 4.46. The Morgan fingerprint density at radius 1 is 1.19 bits per heavy atom. The molecule has 1 amide bonds. The van der Waals surface area contributed by atoms with Crippen LogP contribution >= 0.6 is 0 Å². The number of carbonyl (C=O) groups is 1. The van der Waals surface area contributed by atoms with Crippen molar-refractivity contribution >= 4 is 22.7 Å². The van der Waals surface area contributed by atoms with E-state index in [9.17, 15) is 4.79 Å². The average molecular weight is 351 g/mol. The van der Waals surface area contributed by atoms with E-state index < -0.39 is 0 Å². The highest BCUT2D eigenvalue weighted by Crippen LogP contribution is 2.31. The van der Waals surface area contributed by atoms with Gasteiger partial charge in [-0.05, 0) is 36.0 Å². The van der Waals surface area contributed by atoms with Crippen molar-refractivity contribution in [3.8, 4) is 0 Å². The standard InChI is InChI=1S/C21H25N3O2/c1-12(2)17-11-14(18-13(3)24-26-20(18)23-17)19(25)22-16-10-8-7-9-15(16)21(4,5)6/h7-12H,1-6H3,(H,22,25). The highest BCUT2D eigenvalue weighted by molar-refractivity contribution is 6.12. The quantitative estimate of drug-likeness (QED) is 0.704. The van der Waals surface area contributed by atoms with Crippen molar-refractivity contribution < 1.29 is 9.32 Å². The molecule has 0 aliphatic rings. The summed E-state index contributed by atoms with van der Waals surface area (Å²) in [5.41, 5.74) is 4.25. The molecule has 26 heavy (non-hydrogen) atoms. The molecular weight excluding hydrogens is 326 g/mol. The molecule has 5 nitrogen and oxygen atoms in total. The Bertz CT molecular complexity index is 965. The third-order valence-corrected chi connectivity index (χ3v) is 4.46. The lowest BCUT2D eigenvalue weighted by Crippen LogP contribution is -2.19. The minimum absolute atomic E-state index is 0.0758. The Morgan fingerprint density at radius 2 is 1.88 bits per heavy atom. The number of hydrogen-bond acceptors (Lipinski definition) is 4. The smallest absolute Gasteiger partial charge is 0.259 e. The van der Waals surface area contributed by atoms with Crippen LogP contribution in [0.4, 0.5) is 5.69 Å². The first-order valence-electron chi connectivity index (χ1n) is 8.86. The largest absolute Gasteiger partial charge is 0.336 e. The molecule has 1 N–H and O–H groups in total. The molecule has 0 aliphatic carbocycles. The van der Waals surface area contributed by atoms with E-state index in [4.69, 9.17) is 4.52 Å². The van der Waals surface area contributed by atoms with Crippen molar-refractivity contribution in [3.05, 3.63) is 52.8 Å². The minimum atomic E-state index is -0.178. The first kappa shape index (κ1) is 18.1. The molecule has 3 rings (SSSR count). The van der Waals surface area contributed by atoms with E-state index in [0.29, 0.717) is 22.4 Å². The summed E-state index contributed by atoms with van der Waals surface area (Å²) < 4.78 is 5.32. The molecule has 5 heteroatoms. The first-order chi connectivity index (χ1) is 12.2. The van der Waals surface area contributed by atoms with Gasteiger partial charge in [0.2, 0.25) is 0 Å². The summed E-state index contributed by atoms with van der Waals surface area (Å²) in [5, 5.41) is 7.72. The summed E-state index contributed by atoms with van der Waals surface area (Å²) in [5.74, 6) is 0.000479. The van der Waals surface area contributed by atoms with E-state index in [1.165, 1.54) is 0 Å². The molecule has 0 saturated carbocycles. The van der Waals surface area contributed by atoms with Crippen LogP contribution in [0.3, 0.4) is 0 Å². The molecule has 0 atom stereocenters. The van der Waals surface area contributed by atoms with Gasteiger partial charge in [-0.25, -0.2) is 4.98 Å². The van der Waals surface area contributed by atoms with Gasteiger partial charge in [0.25, 0.3) is 11.6 Å². The fourth-order valence-electron chi connectivity index (χ4n) is 3.02. The molecule has 136 valence electrons. The average Bonchev–Trinajstić information content (AvgIpc) is 2.94. The highest BCUT2D eigenvalue weighted by atomic mass is 16.5. The van der Waals surface area contributed by atoms with E-state index in [-0.39, 0.29) is 17.2 Å². The van der Waals surface area contributed by atoms with Crippen LogP contribution in [0.2, 0.25) is 0 Å². The number of hydrogen-bond donors (Lipinski definition) is 1. The molecule has 0 bridgehead atoms. The van der Waals surface area contributed by atoms with Gasteiger partial charge in [0.05, 0.1) is 16.6 Å². The second kappa shape index (κ2) is 6.56. The van der Waals surface area contributed by atoms with E-state index in [0.717, 1.165) is 16.9 Å². The molecule has 0 radical (unpaired) electrons. The fraction of sp³-hybridized carbons (Fsp3) is 0.381. The van der Waals surface area contributed by atoms with Gasteiger partial charge < -0.3 is 9.84 Å². The normalized spacial score (nSPS) is 12.0. The molecule has 0 spiro atoms. The predicted octanol–water partition coefficient (Wildman–Crippen LogP) is 5.20. The summed E-state index contributed by atoms with van der Waals surface area (Å²) in [6, 6.07) is 9.73. The van der Waals surface area contributed by atoms with E-state index in [1.807, 2.05) is 51.1 Å². The number of carbonyl (C=O) groups excluding carboxylic acids is 1. The zero-order chi connectivity index (χ0) is 19.1. The minimum Gasteiger partial charge on any atom is -0.336 e. The van der Waals surface area contributed by atoms with Crippen LogP contribution in [0.5, 0.6) is 0 Å². The van der Waals surface area contributed by atoms with Crippen LogP contribution in [-0.2, 0) is 5.41 Å². The molecule has 2 aromatic heterocycles. The monoisotopic (exact) mass is 351 g/mol. The first-order valence-corrected chi connectivity index (χ1v) is 8.86. The number of pyridine rings is 1. The number of aromatic nitrogens is 2. The van der Waals surface area contributed by atoms with Gasteiger partial charge in [-0.1, -0.05) is 58.0 Å². The summed E-state index contributed by atoms with van der Waals surface area (Å²) >= 11 is 0. The maximum absolute atomic E-state index is 13.1. The number of nitrogens with one attached hydrogen (secondary N) is 1. The van der Waals surface area contributed by atoms with Crippen LogP contribution in [0.1, 0.15) is 67.8 Å². The maximum atomic E-state index is 13.1. The summed E-state index contributed by atoms with van der Waals surface area (Å²) in [6.45, 7) is 12.3. The van der Waals surface area contributed by atoms with Crippen molar-refractivity contribution in [3.63, 3.8) is 0 Å². The fourth-order valence-corrected chi connectivity index (χ4v) is 3.02. The zero-order valence-corrected chi connectivity index (χ0v) is 16.2. The number of fused-ring (bicyclic) bond motifs is 1. The lowest BCUT2D eigenvalue weighted by atomic mass is 9.86. The second-order valence-electron chi connectivity index (χ2n) is 7.95. The Balaban J connectivity index is 2.08. The Labute approximate surface area is 153 Å². The van der Waals surface area contributed by atoms with E-state index in [2.05, 4.69) is 36.2 Å². The number of para-hydroxylation sites is 1. The number of benzene rings is 1. The highest BCUT2D eigenvalue weighted by Gasteiger charge is 2.22. The molecule has 1 aromatic carbocycles. The lowest BCUT2D eigenvalue weighted by molar-refractivity contribution is 0.102. The van der Waals surface area contributed by atoms with E-state index in [1.54, 1.807) is 0 Å². The van der Waals surface area contributed by atoms with Gasteiger partial charge in [0, 0.05) is 11.4 Å². The molecular formula is C21H25N3O2. The van der Waals surface area contributed by atoms with E-state index >= 15 is 0 Å². The predicted molar refractivity (Wildman–Crippen MR) is 104 cm³/mol. The van der Waals surface area contributed by atoms with Gasteiger partial charge >= 0.3 is 0 Å². The van der Waals surface area contributed by atoms with Gasteiger partial charge in [0.1, 0.15) is 0 Å². The number of aryl methyl sites for hydroxylation is 1. The second-order valence-corrected chi connectivity index (χ2v) is 7.95. The number of anilines is 1. The molecule has 0 saturated heterocycles. The third kappa shape index (κ3) is 3.34. The zero-order valence-electron chi connectivity index (χ0n) is 16.2. The summed E-state index contributed by atoms with van der Waals surface area (Å²) in [7, 11) is 0. The van der Waals surface area contributed by atoms with Crippen molar-refractivity contribution in [1.29, 1.82) is 0 Å². The van der Waals surface area contributed by atoms with Crippen LogP contribution < -0.4 is 5.32 Å². The maximum Gasteiger partial charge on any atom is 0.259 e. The van der Waals surface area contributed by atoms with Crippen molar-refractivity contribution in [2.45, 2.75) is 52.9 Å². The van der Waals surface area contributed by atoms with Crippen LogP contribution in [-0.4, -0.2) is 16.0 Å². The van der Waals surface area contributed by atoms with Gasteiger partial charge in [-0.2, -0.15) is 0 Å². The van der Waals surface area contributed by atoms with Gasteiger partial charge in [-0.3, -0.25) is 4.79 Å². The summed E-state index contributed by atoms with van der Waals surface area (Å²) in [6.07, 6.45) is 0. The van der Waals surface area contributed by atoms with Gasteiger partial charge in [0.15, 0.2) is 0 Å². The number of rotatable bonds is 3. The molecule has 3 aromatic rings. The van der Waals surface area contributed by atoms with Crippen LogP contribution in [0.15, 0.2) is 34.9 Å². The van der Waals surface area contributed by atoms with Crippen molar-refractivity contribution in [1.82, 2.24) is 10.1 Å². The van der Waals surface area contributed by atoms with Crippen molar-refractivity contribution in [2.24, 2.45) is 0 Å². The van der Waals surface area contributed by atoms with Crippen molar-refractivity contribution in [2.75, 3.05) is 5.32 Å². The molecule has 2 heterocycles. The van der Waals surface area contributed by atoms with Gasteiger partial charge in [-0.15, -0.1) is 0 Å². The SMILES string of the molecule is Cc1noc2nc(C(C)C)cc(C(=O)Nc3ccccc3C(C)(C)C)c12. The van der Waals surface area contributed by atoms with Crippen LogP contribution in [0.25, 0.3) is 11.1 Å². The molecule has 0 aliphatic heterocycles. The number of nitrogens with zero attached hydrogens (tertiary/aromatic N) is 2. The Morgan fingerprint density at radius 3 is 2.54 bits per heavy atom. The summed E-state index contributed by atoms with van der Waals surface area (Å²) in [4.78, 5) is 17.6. The van der Waals surface area contributed by atoms with Crippen LogP contribution in [0, 0.1) is 6.92 Å². The topological polar surface area (TPSA) is 68.0 Å².